The fourth-order valence-electron chi connectivity index (χ4n) is 0.931. The molecule has 64 valence electrons. The molecule has 2 nitrogen and oxygen atoms in total. The van der Waals surface area contributed by atoms with Gasteiger partial charge in [0.15, 0.2) is 0 Å². The van der Waals surface area contributed by atoms with Crippen molar-refractivity contribution in [1.82, 2.24) is 4.98 Å². The van der Waals surface area contributed by atoms with Crippen LogP contribution in [0.3, 0.4) is 0 Å². The first-order chi connectivity index (χ1) is 5.74. The summed E-state index contributed by atoms with van der Waals surface area (Å²) in [6.07, 6.45) is 2.55. The van der Waals surface area contributed by atoms with Crippen LogP contribution >= 0.6 is 15.9 Å². The van der Waals surface area contributed by atoms with Gasteiger partial charge in [-0.1, -0.05) is 12.1 Å². The predicted octanol–water partition coefficient (Wildman–Crippen LogP) is 2.42. The Labute approximate surface area is 80.6 Å². The Morgan fingerprint density at radius 3 is 3.00 bits per heavy atom. The molecule has 0 bridgehead atoms. The SMILES string of the molecule is C=CC[C@@H](N)c1cccc(Br)n1. The molecular formula is C9H11BrN2. The zero-order chi connectivity index (χ0) is 8.97. The number of rotatable bonds is 3. The Hall–Kier alpha value is -0.670. The summed E-state index contributed by atoms with van der Waals surface area (Å²) in [5, 5.41) is 0. The smallest absolute Gasteiger partial charge is 0.106 e. The van der Waals surface area contributed by atoms with Crippen LogP contribution in [0.4, 0.5) is 0 Å². The minimum atomic E-state index is -0.0417. The van der Waals surface area contributed by atoms with Gasteiger partial charge in [-0.25, -0.2) is 4.98 Å². The fraction of sp³-hybridized carbons (Fsp3) is 0.222. The van der Waals surface area contributed by atoms with Gasteiger partial charge in [-0.15, -0.1) is 6.58 Å². The molecule has 0 amide bonds. The number of nitrogens with zero attached hydrogens (tertiary/aromatic N) is 1. The Bertz CT molecular complexity index is 273. The predicted molar refractivity (Wildman–Crippen MR) is 53.7 cm³/mol. The summed E-state index contributed by atoms with van der Waals surface area (Å²) in [5.74, 6) is 0. The highest BCUT2D eigenvalue weighted by Gasteiger charge is 2.04. The van der Waals surface area contributed by atoms with E-state index in [4.69, 9.17) is 5.73 Å². The molecule has 0 saturated heterocycles. The van der Waals surface area contributed by atoms with Crippen molar-refractivity contribution in [2.75, 3.05) is 0 Å². The summed E-state index contributed by atoms with van der Waals surface area (Å²) in [4.78, 5) is 4.24. The van der Waals surface area contributed by atoms with Crippen LogP contribution in [-0.4, -0.2) is 4.98 Å². The number of pyridine rings is 1. The molecule has 0 aromatic carbocycles. The van der Waals surface area contributed by atoms with E-state index in [-0.39, 0.29) is 6.04 Å². The lowest BCUT2D eigenvalue weighted by atomic mass is 10.1. The minimum absolute atomic E-state index is 0.0417. The van der Waals surface area contributed by atoms with E-state index in [1.54, 1.807) is 6.08 Å². The molecule has 12 heavy (non-hydrogen) atoms. The van der Waals surface area contributed by atoms with Gasteiger partial charge in [0.05, 0.1) is 11.7 Å². The van der Waals surface area contributed by atoms with Crippen LogP contribution in [-0.2, 0) is 0 Å². The van der Waals surface area contributed by atoms with Crippen LogP contribution in [0, 0.1) is 0 Å². The second-order valence-electron chi connectivity index (χ2n) is 2.52. The molecule has 2 N–H and O–H groups in total. The van der Waals surface area contributed by atoms with Crippen molar-refractivity contribution in [3.63, 3.8) is 0 Å². The summed E-state index contributed by atoms with van der Waals surface area (Å²) in [6, 6.07) is 5.68. The zero-order valence-corrected chi connectivity index (χ0v) is 8.29. The number of hydrogen-bond donors (Lipinski definition) is 1. The molecule has 1 aromatic heterocycles. The van der Waals surface area contributed by atoms with Crippen molar-refractivity contribution in [2.24, 2.45) is 5.73 Å². The molecule has 0 unspecified atom stereocenters. The molecule has 1 heterocycles. The molecule has 1 atom stereocenters. The maximum absolute atomic E-state index is 5.82. The topological polar surface area (TPSA) is 38.9 Å². The van der Waals surface area contributed by atoms with Crippen LogP contribution in [0.25, 0.3) is 0 Å². The van der Waals surface area contributed by atoms with Gasteiger partial charge >= 0.3 is 0 Å². The normalized spacial score (nSPS) is 12.5. The van der Waals surface area contributed by atoms with Crippen molar-refractivity contribution >= 4 is 15.9 Å². The van der Waals surface area contributed by atoms with Gasteiger partial charge in [0, 0.05) is 0 Å². The second-order valence-corrected chi connectivity index (χ2v) is 3.33. The maximum atomic E-state index is 5.82. The number of aromatic nitrogens is 1. The van der Waals surface area contributed by atoms with Gasteiger partial charge in [-0.2, -0.15) is 0 Å². The molecule has 1 aromatic rings. The molecule has 0 aliphatic heterocycles. The summed E-state index contributed by atoms with van der Waals surface area (Å²) in [6.45, 7) is 3.63. The highest BCUT2D eigenvalue weighted by molar-refractivity contribution is 9.10. The first kappa shape index (κ1) is 9.42. The number of hydrogen-bond acceptors (Lipinski definition) is 2. The van der Waals surface area contributed by atoms with Gasteiger partial charge in [0.1, 0.15) is 4.60 Å². The Kier molecular flexibility index (Phi) is 3.44. The fourth-order valence-corrected chi connectivity index (χ4v) is 1.29. The third-order valence-electron chi connectivity index (χ3n) is 1.54. The molecular weight excluding hydrogens is 216 g/mol. The molecule has 0 fully saturated rings. The maximum Gasteiger partial charge on any atom is 0.106 e. The van der Waals surface area contributed by atoms with E-state index >= 15 is 0 Å². The number of halogens is 1. The van der Waals surface area contributed by atoms with Gasteiger partial charge < -0.3 is 5.73 Å². The Morgan fingerprint density at radius 1 is 1.67 bits per heavy atom. The monoisotopic (exact) mass is 226 g/mol. The quantitative estimate of drug-likeness (QED) is 0.636. The van der Waals surface area contributed by atoms with Gasteiger partial charge in [0.25, 0.3) is 0 Å². The van der Waals surface area contributed by atoms with Crippen molar-refractivity contribution in [3.05, 3.63) is 41.2 Å². The average Bonchev–Trinajstić information content (AvgIpc) is 2.05. The van der Waals surface area contributed by atoms with E-state index in [0.29, 0.717) is 0 Å². The third kappa shape index (κ3) is 2.43. The largest absolute Gasteiger partial charge is 0.322 e. The highest BCUT2D eigenvalue weighted by atomic mass is 79.9. The molecule has 1 rings (SSSR count). The van der Waals surface area contributed by atoms with Gasteiger partial charge in [-0.3, -0.25) is 0 Å². The lowest BCUT2D eigenvalue weighted by molar-refractivity contribution is 0.711. The minimum Gasteiger partial charge on any atom is -0.322 e. The van der Waals surface area contributed by atoms with Crippen LogP contribution in [0.15, 0.2) is 35.5 Å². The average molecular weight is 227 g/mol. The molecule has 0 spiro atoms. The Balaban J connectivity index is 2.80. The van der Waals surface area contributed by atoms with E-state index in [2.05, 4.69) is 27.5 Å². The molecule has 0 saturated carbocycles. The van der Waals surface area contributed by atoms with E-state index in [0.717, 1.165) is 16.7 Å². The summed E-state index contributed by atoms with van der Waals surface area (Å²) >= 11 is 3.29. The van der Waals surface area contributed by atoms with Gasteiger partial charge in [0.2, 0.25) is 0 Å². The van der Waals surface area contributed by atoms with Crippen LogP contribution < -0.4 is 5.73 Å². The molecule has 3 heteroatoms. The Morgan fingerprint density at radius 2 is 2.42 bits per heavy atom. The van der Waals surface area contributed by atoms with Crippen LogP contribution in [0.2, 0.25) is 0 Å². The third-order valence-corrected chi connectivity index (χ3v) is 1.98. The summed E-state index contributed by atoms with van der Waals surface area (Å²) in [7, 11) is 0. The van der Waals surface area contributed by atoms with Crippen molar-refractivity contribution in [2.45, 2.75) is 12.5 Å². The molecule has 0 aliphatic carbocycles. The van der Waals surface area contributed by atoms with Crippen LogP contribution in [0.5, 0.6) is 0 Å². The standard InChI is InChI=1S/C9H11BrN2/c1-2-4-7(11)8-5-3-6-9(10)12-8/h2-3,5-7H,1,4,11H2/t7-/m1/s1. The molecule has 0 aliphatic rings. The zero-order valence-electron chi connectivity index (χ0n) is 6.70. The van der Waals surface area contributed by atoms with Crippen molar-refractivity contribution in [1.29, 1.82) is 0 Å². The summed E-state index contributed by atoms with van der Waals surface area (Å²) in [5.41, 5.74) is 6.71. The van der Waals surface area contributed by atoms with E-state index < -0.39 is 0 Å². The van der Waals surface area contributed by atoms with Crippen molar-refractivity contribution in [3.8, 4) is 0 Å². The van der Waals surface area contributed by atoms with Crippen molar-refractivity contribution < 1.29 is 0 Å². The van der Waals surface area contributed by atoms with Crippen LogP contribution in [0.1, 0.15) is 18.2 Å². The summed E-state index contributed by atoms with van der Waals surface area (Å²) < 4.78 is 0.819. The first-order valence-electron chi connectivity index (χ1n) is 3.73. The van der Waals surface area contributed by atoms with E-state index in [1.165, 1.54) is 0 Å². The van der Waals surface area contributed by atoms with E-state index in [1.807, 2.05) is 18.2 Å². The molecule has 0 radical (unpaired) electrons. The lowest BCUT2D eigenvalue weighted by Crippen LogP contribution is -2.10. The lowest BCUT2D eigenvalue weighted by Gasteiger charge is -2.07. The van der Waals surface area contributed by atoms with Gasteiger partial charge in [-0.05, 0) is 34.5 Å². The second kappa shape index (κ2) is 4.38. The highest BCUT2D eigenvalue weighted by Crippen LogP contribution is 2.14. The van der Waals surface area contributed by atoms with E-state index in [9.17, 15) is 0 Å². The number of nitrogens with two attached hydrogens (primary N) is 1. The first-order valence-corrected chi connectivity index (χ1v) is 4.52.